The highest BCUT2D eigenvalue weighted by Crippen LogP contribution is 2.50. The summed E-state index contributed by atoms with van der Waals surface area (Å²) in [7, 11) is 0. The second kappa shape index (κ2) is 6.47. The minimum absolute atomic E-state index is 1.08. The molecule has 2 atom stereocenters. The largest absolute Gasteiger partial charge is 0.425 e. The first-order chi connectivity index (χ1) is 10.5. The van der Waals surface area contributed by atoms with E-state index in [1.807, 2.05) is 0 Å². The Bertz CT molecular complexity index is 375. The Morgan fingerprint density at radius 3 is 0.875 bits per heavy atom. The third-order valence-corrected chi connectivity index (χ3v) is 4.07. The number of hydrogen-bond acceptors (Lipinski definition) is 0. The molecule has 0 bridgehead atoms. The molecule has 0 nitrogen and oxygen atoms in total. The van der Waals surface area contributed by atoms with Gasteiger partial charge in [-0.3, -0.25) is 0 Å². The molecule has 1 aliphatic carbocycles. The van der Waals surface area contributed by atoms with Crippen molar-refractivity contribution in [1.29, 1.82) is 0 Å². The number of rotatable bonds is 4. The van der Waals surface area contributed by atoms with Gasteiger partial charge in [0.15, 0.2) is 0 Å². The van der Waals surface area contributed by atoms with Gasteiger partial charge in [0.25, 0.3) is 24.2 Å². The van der Waals surface area contributed by atoms with Gasteiger partial charge in [0.2, 0.25) is 0 Å². The van der Waals surface area contributed by atoms with Crippen LogP contribution in [-0.2, 0) is 0 Å². The molecule has 0 spiro atoms. The molecule has 1 aliphatic rings. The third-order valence-electron chi connectivity index (χ3n) is 4.07. The molecule has 1 saturated carbocycles. The minimum Gasteiger partial charge on any atom is -0.231 e. The molecule has 0 saturated heterocycles. The van der Waals surface area contributed by atoms with Crippen LogP contribution >= 0.6 is 0 Å². The molecular weight excluding hydrogens is 372 g/mol. The van der Waals surface area contributed by atoms with Crippen LogP contribution in [0.25, 0.3) is 0 Å². The van der Waals surface area contributed by atoms with Crippen molar-refractivity contribution in [3.63, 3.8) is 0 Å². The highest BCUT2D eigenvalue weighted by Gasteiger charge is 2.63. The lowest BCUT2D eigenvalue weighted by atomic mass is 9.74. The predicted molar refractivity (Wildman–Crippen MR) is 57.2 cm³/mol. The van der Waals surface area contributed by atoms with E-state index in [0.29, 0.717) is 0 Å². The first-order valence-corrected chi connectivity index (χ1v) is 6.69. The van der Waals surface area contributed by atoms with E-state index in [4.69, 9.17) is 0 Å². The quantitative estimate of drug-likeness (QED) is 0.533. The Labute approximate surface area is 128 Å². The maximum atomic E-state index is 13.4. The second-order valence-corrected chi connectivity index (χ2v) is 5.71. The number of halogens is 12. The SMILES string of the molecule is F[C@H](C(F)(F)F)C(F)(F)C1CCC(C(F)(F)[C@@H](F)C(F)(F)F)CC1. The lowest BCUT2D eigenvalue weighted by Crippen LogP contribution is -2.51. The van der Waals surface area contributed by atoms with E-state index in [0.717, 1.165) is 0 Å². The van der Waals surface area contributed by atoms with Gasteiger partial charge in [-0.25, -0.2) is 26.3 Å². The molecule has 24 heavy (non-hydrogen) atoms. The van der Waals surface area contributed by atoms with E-state index in [2.05, 4.69) is 0 Å². The number of hydrogen-bond donors (Lipinski definition) is 0. The fraction of sp³-hybridized carbons (Fsp3) is 1.00. The monoisotopic (exact) mass is 384 g/mol. The molecular formula is C12H12F12. The summed E-state index contributed by atoms with van der Waals surface area (Å²) in [4.78, 5) is 0. The molecule has 0 aromatic rings. The smallest absolute Gasteiger partial charge is 0.231 e. The average Bonchev–Trinajstić information content (AvgIpc) is 2.43. The fourth-order valence-electron chi connectivity index (χ4n) is 2.71. The van der Waals surface area contributed by atoms with E-state index in [1.165, 1.54) is 0 Å². The maximum absolute atomic E-state index is 13.4. The number of alkyl halides is 12. The molecule has 0 heterocycles. The first kappa shape index (κ1) is 21.2. The standard InChI is InChI=1S/C12H12F12/c13-7(11(19,20)21)9(15,16)5-1-2-6(4-3-5)10(17,18)8(14)12(22,23)24/h5-8H,1-4H2/t5?,6?,7-,8+. The van der Waals surface area contributed by atoms with Crippen LogP contribution in [0.4, 0.5) is 52.7 Å². The zero-order valence-electron chi connectivity index (χ0n) is 11.7. The summed E-state index contributed by atoms with van der Waals surface area (Å²) in [5.74, 6) is -14.4. The van der Waals surface area contributed by atoms with Crippen molar-refractivity contribution in [1.82, 2.24) is 0 Å². The molecule has 0 amide bonds. The maximum Gasteiger partial charge on any atom is 0.425 e. The van der Waals surface area contributed by atoms with E-state index < -0.39 is 74.1 Å². The van der Waals surface area contributed by atoms with Crippen molar-refractivity contribution < 1.29 is 52.7 Å². The topological polar surface area (TPSA) is 0 Å². The predicted octanol–water partition coefficient (Wildman–Crippen LogP) is 5.86. The van der Waals surface area contributed by atoms with Gasteiger partial charge in [-0.05, 0) is 25.7 Å². The van der Waals surface area contributed by atoms with E-state index in [9.17, 15) is 52.7 Å². The van der Waals surface area contributed by atoms with Crippen LogP contribution in [0.15, 0.2) is 0 Å². The molecule has 0 unspecified atom stereocenters. The molecule has 1 fully saturated rings. The third kappa shape index (κ3) is 4.22. The van der Waals surface area contributed by atoms with Crippen molar-refractivity contribution in [3.8, 4) is 0 Å². The Morgan fingerprint density at radius 1 is 0.500 bits per heavy atom. The first-order valence-electron chi connectivity index (χ1n) is 6.69. The fourth-order valence-corrected chi connectivity index (χ4v) is 2.71. The summed E-state index contributed by atoms with van der Waals surface area (Å²) in [6.07, 6.45) is -25.1. The highest BCUT2D eigenvalue weighted by atomic mass is 19.4. The van der Waals surface area contributed by atoms with Crippen molar-refractivity contribution in [2.45, 2.75) is 62.2 Å². The lowest BCUT2D eigenvalue weighted by Gasteiger charge is -2.38. The van der Waals surface area contributed by atoms with Gasteiger partial charge in [0.1, 0.15) is 0 Å². The van der Waals surface area contributed by atoms with Crippen molar-refractivity contribution in [3.05, 3.63) is 0 Å². The van der Waals surface area contributed by atoms with Gasteiger partial charge in [0.05, 0.1) is 0 Å². The van der Waals surface area contributed by atoms with Crippen LogP contribution < -0.4 is 0 Å². The normalized spacial score (nSPS) is 27.0. The van der Waals surface area contributed by atoms with Crippen LogP contribution in [0.1, 0.15) is 25.7 Å². The zero-order valence-corrected chi connectivity index (χ0v) is 11.7. The summed E-state index contributed by atoms with van der Waals surface area (Å²) in [5.41, 5.74) is 0. The van der Waals surface area contributed by atoms with Gasteiger partial charge in [-0.15, -0.1) is 0 Å². The minimum atomic E-state index is -5.87. The highest BCUT2D eigenvalue weighted by molar-refractivity contribution is 4.96. The molecule has 0 N–H and O–H groups in total. The second-order valence-electron chi connectivity index (χ2n) is 5.71. The van der Waals surface area contributed by atoms with Crippen LogP contribution in [-0.4, -0.2) is 36.5 Å². The molecule has 0 radical (unpaired) electrons. The Balaban J connectivity index is 2.80. The summed E-state index contributed by atoms with van der Waals surface area (Å²) in [5, 5.41) is 0. The van der Waals surface area contributed by atoms with Crippen LogP contribution in [0.5, 0.6) is 0 Å². The zero-order chi connectivity index (χ0) is 19.1. The Kier molecular flexibility index (Phi) is 5.72. The average molecular weight is 384 g/mol. The molecule has 12 heteroatoms. The van der Waals surface area contributed by atoms with E-state index in [1.54, 1.807) is 0 Å². The van der Waals surface area contributed by atoms with Crippen molar-refractivity contribution in [2.75, 3.05) is 0 Å². The summed E-state index contributed by atoms with van der Waals surface area (Å²) in [6, 6.07) is 0. The molecule has 0 aliphatic heterocycles. The molecule has 0 aromatic heterocycles. The van der Waals surface area contributed by atoms with Gasteiger partial charge >= 0.3 is 12.4 Å². The summed E-state index contributed by atoms with van der Waals surface area (Å²) in [6.45, 7) is 0. The van der Waals surface area contributed by atoms with E-state index in [-0.39, 0.29) is 0 Å². The van der Waals surface area contributed by atoms with Gasteiger partial charge in [-0.1, -0.05) is 0 Å². The summed E-state index contributed by atoms with van der Waals surface area (Å²) >= 11 is 0. The van der Waals surface area contributed by atoms with Gasteiger partial charge in [0, 0.05) is 11.8 Å². The van der Waals surface area contributed by atoms with Crippen LogP contribution in [0.3, 0.4) is 0 Å². The van der Waals surface area contributed by atoms with Crippen LogP contribution in [0.2, 0.25) is 0 Å². The molecule has 144 valence electrons. The molecule has 1 rings (SSSR count). The van der Waals surface area contributed by atoms with Gasteiger partial charge < -0.3 is 0 Å². The Morgan fingerprint density at radius 2 is 0.708 bits per heavy atom. The van der Waals surface area contributed by atoms with Crippen molar-refractivity contribution in [2.24, 2.45) is 11.8 Å². The summed E-state index contributed by atoms with van der Waals surface area (Å²) < 4.78 is 152. The van der Waals surface area contributed by atoms with Crippen LogP contribution in [0, 0.1) is 11.8 Å². The van der Waals surface area contributed by atoms with Gasteiger partial charge in [-0.2, -0.15) is 26.3 Å². The Hall–Kier alpha value is -0.840. The van der Waals surface area contributed by atoms with E-state index >= 15 is 0 Å². The van der Waals surface area contributed by atoms with Crippen molar-refractivity contribution >= 4 is 0 Å². The molecule has 0 aromatic carbocycles. The lowest BCUT2D eigenvalue weighted by molar-refractivity contribution is -0.273.